The van der Waals surface area contributed by atoms with Crippen molar-refractivity contribution < 1.29 is 19.0 Å². The SMILES string of the molecule is CCOc1ccc(CCC(=O)NC2CC(C)(C)Oc3cc(C)ccc32)cc1OCC. The first-order valence-electron chi connectivity index (χ1n) is 10.8. The van der Waals surface area contributed by atoms with Crippen LogP contribution >= 0.6 is 0 Å². The van der Waals surface area contributed by atoms with Crippen molar-refractivity contribution in [1.82, 2.24) is 5.32 Å². The summed E-state index contributed by atoms with van der Waals surface area (Å²) in [6, 6.07) is 12.0. The Morgan fingerprint density at radius 3 is 2.57 bits per heavy atom. The summed E-state index contributed by atoms with van der Waals surface area (Å²) in [6.07, 6.45) is 1.80. The number of carbonyl (C=O) groups excluding carboxylic acids is 1. The molecule has 0 bridgehead atoms. The number of amides is 1. The molecule has 0 aliphatic carbocycles. The van der Waals surface area contributed by atoms with Gasteiger partial charge in [-0.05, 0) is 70.4 Å². The number of rotatable bonds is 8. The summed E-state index contributed by atoms with van der Waals surface area (Å²) < 4.78 is 17.4. The van der Waals surface area contributed by atoms with Gasteiger partial charge in [-0.25, -0.2) is 0 Å². The second kappa shape index (κ2) is 9.41. The number of benzene rings is 2. The van der Waals surface area contributed by atoms with Gasteiger partial charge in [0.15, 0.2) is 11.5 Å². The van der Waals surface area contributed by atoms with Crippen LogP contribution in [0.5, 0.6) is 17.2 Å². The molecular weight excluding hydrogens is 378 g/mol. The summed E-state index contributed by atoms with van der Waals surface area (Å²) in [4.78, 5) is 12.7. The highest BCUT2D eigenvalue weighted by molar-refractivity contribution is 5.77. The Morgan fingerprint density at radius 2 is 1.83 bits per heavy atom. The fourth-order valence-electron chi connectivity index (χ4n) is 3.86. The average molecular weight is 412 g/mol. The van der Waals surface area contributed by atoms with Crippen molar-refractivity contribution in [1.29, 1.82) is 0 Å². The summed E-state index contributed by atoms with van der Waals surface area (Å²) in [6.45, 7) is 11.2. The Kier molecular flexibility index (Phi) is 6.91. The number of hydrogen-bond donors (Lipinski definition) is 1. The summed E-state index contributed by atoms with van der Waals surface area (Å²) in [5, 5.41) is 3.22. The van der Waals surface area contributed by atoms with Crippen LogP contribution in [-0.2, 0) is 11.2 Å². The maximum atomic E-state index is 12.7. The molecule has 0 radical (unpaired) electrons. The predicted molar refractivity (Wildman–Crippen MR) is 118 cm³/mol. The van der Waals surface area contributed by atoms with E-state index in [0.29, 0.717) is 26.1 Å². The number of hydrogen-bond acceptors (Lipinski definition) is 4. The van der Waals surface area contributed by atoms with Crippen molar-refractivity contribution in [3.05, 3.63) is 53.1 Å². The maximum absolute atomic E-state index is 12.7. The molecule has 1 unspecified atom stereocenters. The Hall–Kier alpha value is -2.69. The molecule has 5 nitrogen and oxygen atoms in total. The molecule has 1 aliphatic heterocycles. The van der Waals surface area contributed by atoms with E-state index in [1.165, 1.54) is 0 Å². The third-order valence-corrected chi connectivity index (χ3v) is 5.21. The normalized spacial score (nSPS) is 16.9. The number of ether oxygens (including phenoxy) is 3. The van der Waals surface area contributed by atoms with Gasteiger partial charge in [0.2, 0.25) is 5.91 Å². The van der Waals surface area contributed by atoms with Gasteiger partial charge in [0.25, 0.3) is 0 Å². The summed E-state index contributed by atoms with van der Waals surface area (Å²) in [7, 11) is 0. The smallest absolute Gasteiger partial charge is 0.220 e. The number of fused-ring (bicyclic) bond motifs is 1. The standard InChI is InChI=1S/C25H33NO4/c1-6-28-21-12-9-18(15-23(21)29-7-2)10-13-24(27)26-20-16-25(4,5)30-22-14-17(3)8-11-19(20)22/h8-9,11-12,14-15,20H,6-7,10,13,16H2,1-5H3,(H,26,27). The zero-order chi connectivity index (χ0) is 21.7. The molecule has 1 aliphatic rings. The lowest BCUT2D eigenvalue weighted by Crippen LogP contribution is -2.41. The van der Waals surface area contributed by atoms with E-state index < -0.39 is 0 Å². The van der Waals surface area contributed by atoms with Gasteiger partial charge in [0, 0.05) is 18.4 Å². The predicted octanol–water partition coefficient (Wildman–Crippen LogP) is 5.14. The Balaban J connectivity index is 1.66. The second-order valence-electron chi connectivity index (χ2n) is 8.37. The van der Waals surface area contributed by atoms with Gasteiger partial charge in [0.1, 0.15) is 11.4 Å². The second-order valence-corrected chi connectivity index (χ2v) is 8.37. The van der Waals surface area contributed by atoms with Gasteiger partial charge < -0.3 is 19.5 Å². The first-order valence-corrected chi connectivity index (χ1v) is 10.8. The zero-order valence-corrected chi connectivity index (χ0v) is 18.7. The van der Waals surface area contributed by atoms with Crippen LogP contribution in [0.2, 0.25) is 0 Å². The molecule has 0 spiro atoms. The molecule has 30 heavy (non-hydrogen) atoms. The molecule has 1 N–H and O–H groups in total. The largest absolute Gasteiger partial charge is 0.490 e. The van der Waals surface area contributed by atoms with Crippen LogP contribution in [0, 0.1) is 6.92 Å². The lowest BCUT2D eigenvalue weighted by Gasteiger charge is -2.38. The molecule has 1 atom stereocenters. The van der Waals surface area contributed by atoms with E-state index >= 15 is 0 Å². The Morgan fingerprint density at radius 1 is 1.10 bits per heavy atom. The lowest BCUT2D eigenvalue weighted by atomic mass is 9.89. The Bertz CT molecular complexity index is 891. The summed E-state index contributed by atoms with van der Waals surface area (Å²) in [5.74, 6) is 2.37. The van der Waals surface area contributed by atoms with Crippen LogP contribution in [0.1, 0.15) is 63.3 Å². The number of nitrogens with one attached hydrogen (secondary N) is 1. The van der Waals surface area contributed by atoms with Crippen LogP contribution in [0.15, 0.2) is 36.4 Å². The molecule has 5 heteroatoms. The number of aryl methyl sites for hydroxylation is 2. The van der Waals surface area contributed by atoms with E-state index in [2.05, 4.69) is 31.3 Å². The van der Waals surface area contributed by atoms with Gasteiger partial charge in [-0.15, -0.1) is 0 Å². The minimum Gasteiger partial charge on any atom is -0.490 e. The summed E-state index contributed by atoms with van der Waals surface area (Å²) in [5.41, 5.74) is 2.94. The van der Waals surface area contributed by atoms with E-state index in [9.17, 15) is 4.79 Å². The molecule has 0 saturated carbocycles. The van der Waals surface area contributed by atoms with Crippen LogP contribution < -0.4 is 19.5 Å². The van der Waals surface area contributed by atoms with E-state index in [4.69, 9.17) is 14.2 Å². The highest BCUT2D eigenvalue weighted by atomic mass is 16.5. The first kappa shape index (κ1) is 22.0. The highest BCUT2D eigenvalue weighted by Gasteiger charge is 2.34. The van der Waals surface area contributed by atoms with Gasteiger partial charge in [-0.1, -0.05) is 18.2 Å². The van der Waals surface area contributed by atoms with Crippen molar-refractivity contribution in [2.75, 3.05) is 13.2 Å². The summed E-state index contributed by atoms with van der Waals surface area (Å²) >= 11 is 0. The molecule has 2 aromatic carbocycles. The fraction of sp³-hybridized carbons (Fsp3) is 0.480. The lowest BCUT2D eigenvalue weighted by molar-refractivity contribution is -0.122. The van der Waals surface area contributed by atoms with E-state index in [1.54, 1.807) is 0 Å². The molecule has 0 aromatic heterocycles. The van der Waals surface area contributed by atoms with Gasteiger partial charge in [-0.3, -0.25) is 4.79 Å². The molecule has 0 saturated heterocycles. The van der Waals surface area contributed by atoms with Gasteiger partial charge in [-0.2, -0.15) is 0 Å². The molecule has 2 aromatic rings. The topological polar surface area (TPSA) is 56.8 Å². The quantitative estimate of drug-likeness (QED) is 0.653. The molecule has 1 amide bonds. The maximum Gasteiger partial charge on any atom is 0.220 e. The minimum atomic E-state index is -0.319. The third kappa shape index (κ3) is 5.47. The van der Waals surface area contributed by atoms with Crippen LogP contribution in [0.4, 0.5) is 0 Å². The van der Waals surface area contributed by atoms with Crippen LogP contribution in [0.3, 0.4) is 0 Å². The van der Waals surface area contributed by atoms with E-state index in [1.807, 2.05) is 45.0 Å². The fourth-order valence-corrected chi connectivity index (χ4v) is 3.86. The van der Waals surface area contributed by atoms with E-state index in [0.717, 1.165) is 40.4 Å². The molecule has 162 valence electrons. The average Bonchev–Trinajstić information content (AvgIpc) is 2.67. The van der Waals surface area contributed by atoms with Crippen molar-refractivity contribution in [2.45, 2.75) is 65.5 Å². The molecular formula is C25H33NO4. The Labute approximate surface area is 179 Å². The van der Waals surface area contributed by atoms with Gasteiger partial charge in [0.05, 0.1) is 19.3 Å². The van der Waals surface area contributed by atoms with E-state index in [-0.39, 0.29) is 17.6 Å². The minimum absolute atomic E-state index is 0.0380. The zero-order valence-electron chi connectivity index (χ0n) is 18.7. The van der Waals surface area contributed by atoms with Crippen molar-refractivity contribution >= 4 is 5.91 Å². The van der Waals surface area contributed by atoms with Crippen molar-refractivity contribution in [3.8, 4) is 17.2 Å². The molecule has 0 fully saturated rings. The van der Waals surface area contributed by atoms with Crippen LogP contribution in [-0.4, -0.2) is 24.7 Å². The highest BCUT2D eigenvalue weighted by Crippen LogP contribution is 2.40. The number of carbonyl (C=O) groups is 1. The monoisotopic (exact) mass is 411 g/mol. The van der Waals surface area contributed by atoms with Crippen molar-refractivity contribution in [2.24, 2.45) is 0 Å². The third-order valence-electron chi connectivity index (χ3n) is 5.21. The van der Waals surface area contributed by atoms with Crippen molar-refractivity contribution in [3.63, 3.8) is 0 Å². The molecule has 1 heterocycles. The first-order chi connectivity index (χ1) is 14.3. The van der Waals surface area contributed by atoms with Crippen LogP contribution in [0.25, 0.3) is 0 Å². The molecule has 3 rings (SSSR count). The van der Waals surface area contributed by atoms with Gasteiger partial charge >= 0.3 is 0 Å².